The van der Waals surface area contributed by atoms with E-state index in [-0.39, 0.29) is 11.5 Å². The maximum atomic E-state index is 9.17. The van der Waals surface area contributed by atoms with Gasteiger partial charge in [0, 0.05) is 34.3 Å². The highest BCUT2D eigenvalue weighted by atomic mass is 32.1. The van der Waals surface area contributed by atoms with Crippen LogP contribution in [0, 0.1) is 37.5 Å². The Kier molecular flexibility index (Phi) is 6.35. The van der Waals surface area contributed by atoms with E-state index in [0.717, 1.165) is 15.7 Å². The Labute approximate surface area is 192 Å². The molecule has 8 heteroatoms. The molecule has 154 valence electrons. The summed E-state index contributed by atoms with van der Waals surface area (Å²) in [5, 5.41) is 14.9. The van der Waals surface area contributed by atoms with Gasteiger partial charge < -0.3 is 9.84 Å². The number of rotatable bonds is 1. The van der Waals surface area contributed by atoms with E-state index in [2.05, 4.69) is 43.6 Å². The minimum Gasteiger partial charge on any atom is -0.506 e. The molecule has 0 aliphatic rings. The normalized spacial score (nSPS) is 11.2. The largest absolute Gasteiger partial charge is 0.506 e. The SMILES string of the molecule is Cc1nc(C#Cc2cncc(O)c2)cs1.[3H]C([3H])([3H])Oc1cncc(C#Cc2csc(C)n2)c1. The van der Waals surface area contributed by atoms with E-state index in [1.807, 2.05) is 24.6 Å². The van der Waals surface area contributed by atoms with Gasteiger partial charge in [-0.3, -0.25) is 9.97 Å². The highest BCUT2D eigenvalue weighted by molar-refractivity contribution is 7.09. The number of nitrogens with zero attached hydrogens (tertiary/aromatic N) is 4. The Morgan fingerprint density at radius 3 is 1.94 bits per heavy atom. The van der Waals surface area contributed by atoms with Crippen molar-refractivity contribution in [2.45, 2.75) is 13.8 Å². The molecule has 0 saturated carbocycles. The van der Waals surface area contributed by atoms with E-state index in [1.165, 1.54) is 29.8 Å². The minimum atomic E-state index is -2.49. The van der Waals surface area contributed by atoms with Crippen molar-refractivity contribution in [3.63, 3.8) is 0 Å². The van der Waals surface area contributed by atoms with Gasteiger partial charge in [-0.25, -0.2) is 9.97 Å². The molecule has 0 atom stereocenters. The van der Waals surface area contributed by atoms with Crippen LogP contribution in [0.5, 0.6) is 11.5 Å². The lowest BCUT2D eigenvalue weighted by Gasteiger charge is -1.97. The first-order valence-electron chi connectivity index (χ1n) is 10.3. The number of thiazole rings is 2. The van der Waals surface area contributed by atoms with Crippen molar-refractivity contribution in [2.24, 2.45) is 0 Å². The molecule has 4 rings (SSSR count). The summed E-state index contributed by atoms with van der Waals surface area (Å²) < 4.78 is 25.8. The Bertz CT molecular complexity index is 1390. The van der Waals surface area contributed by atoms with Crippen molar-refractivity contribution < 1.29 is 14.0 Å². The quantitative estimate of drug-likeness (QED) is 0.436. The Morgan fingerprint density at radius 1 is 0.839 bits per heavy atom. The van der Waals surface area contributed by atoms with Crippen LogP contribution < -0.4 is 4.74 Å². The summed E-state index contributed by atoms with van der Waals surface area (Å²) in [6.45, 7) is 3.84. The van der Waals surface area contributed by atoms with Gasteiger partial charge in [0.2, 0.25) is 0 Å². The third-order valence-electron chi connectivity index (χ3n) is 3.46. The summed E-state index contributed by atoms with van der Waals surface area (Å²) in [4.78, 5) is 16.1. The van der Waals surface area contributed by atoms with Gasteiger partial charge in [-0.2, -0.15) is 0 Å². The van der Waals surface area contributed by atoms with Gasteiger partial charge in [0.15, 0.2) is 0 Å². The lowest BCUT2D eigenvalue weighted by Crippen LogP contribution is -1.85. The molecule has 4 aromatic heterocycles. The van der Waals surface area contributed by atoms with Crippen LogP contribution in [0.15, 0.2) is 47.7 Å². The molecule has 0 amide bonds. The van der Waals surface area contributed by atoms with E-state index in [9.17, 15) is 5.11 Å². The molecule has 6 nitrogen and oxygen atoms in total. The molecule has 4 aromatic rings. The van der Waals surface area contributed by atoms with Gasteiger partial charge in [-0.15, -0.1) is 22.7 Å². The molecule has 0 spiro atoms. The predicted octanol–water partition coefficient (Wildman–Crippen LogP) is 4.21. The highest BCUT2D eigenvalue weighted by Gasteiger charge is 1.95. The van der Waals surface area contributed by atoms with Crippen LogP contribution in [-0.4, -0.2) is 32.1 Å². The Morgan fingerprint density at radius 2 is 1.42 bits per heavy atom. The predicted molar refractivity (Wildman–Crippen MR) is 122 cm³/mol. The highest BCUT2D eigenvalue weighted by Crippen LogP contribution is 2.11. The first kappa shape index (κ1) is 18.1. The molecule has 0 radical (unpaired) electrons. The standard InChI is InChI=1S/C12H10N2OS.C11H8N2OS/c1-9-14-11(8-16-9)4-3-10-5-12(15-2)7-13-6-10;1-8-13-10(7-15-8)3-2-9-4-11(14)6-12-5-9/h5-8H,1-2H3;4-7,14H,1H3/i2T3;. The number of aryl methyl sites for hydroxylation is 2. The van der Waals surface area contributed by atoms with Crippen molar-refractivity contribution in [3.8, 4) is 35.2 Å². The molecule has 1 N–H and O–H groups in total. The molecular formula is C23H18N4O2S2. The summed E-state index contributed by atoms with van der Waals surface area (Å²) in [5.41, 5.74) is 2.69. The zero-order chi connectivity index (χ0) is 24.6. The fraction of sp³-hybridized carbons (Fsp3) is 0.130. The first-order valence-corrected chi connectivity index (χ1v) is 10.6. The van der Waals surface area contributed by atoms with E-state index in [1.54, 1.807) is 29.8 Å². The van der Waals surface area contributed by atoms with Crippen molar-refractivity contribution >= 4 is 22.7 Å². The van der Waals surface area contributed by atoms with E-state index in [0.29, 0.717) is 16.8 Å². The second kappa shape index (κ2) is 10.9. The van der Waals surface area contributed by atoms with Gasteiger partial charge in [0.25, 0.3) is 0 Å². The van der Waals surface area contributed by atoms with Gasteiger partial charge in [0.1, 0.15) is 22.9 Å². The van der Waals surface area contributed by atoms with Crippen LogP contribution in [0.2, 0.25) is 0 Å². The minimum absolute atomic E-state index is 0.122. The third-order valence-corrected chi connectivity index (χ3v) is 5.01. The lowest BCUT2D eigenvalue weighted by molar-refractivity contribution is 0.413. The smallest absolute Gasteiger partial charge is 0.138 e. The zero-order valence-corrected chi connectivity index (χ0v) is 18.2. The van der Waals surface area contributed by atoms with Gasteiger partial charge in [-0.1, -0.05) is 11.8 Å². The second-order valence-corrected chi connectivity index (χ2v) is 8.07. The number of hydrogen-bond acceptors (Lipinski definition) is 8. The van der Waals surface area contributed by atoms with E-state index < -0.39 is 7.04 Å². The molecule has 31 heavy (non-hydrogen) atoms. The lowest BCUT2D eigenvalue weighted by atomic mass is 10.3. The Hall–Kier alpha value is -3.72. The maximum Gasteiger partial charge on any atom is 0.138 e. The number of aromatic nitrogens is 4. The first-order chi connectivity index (χ1) is 16.2. The Balaban J connectivity index is 0.000000196. The molecule has 0 unspecified atom stereocenters. The number of ether oxygens (including phenoxy) is 1. The zero-order valence-electron chi connectivity index (χ0n) is 19.6. The summed E-state index contributed by atoms with van der Waals surface area (Å²) in [6.07, 6.45) is 5.85. The van der Waals surface area contributed by atoms with Crippen molar-refractivity contribution in [2.75, 3.05) is 7.04 Å². The summed E-state index contributed by atoms with van der Waals surface area (Å²) in [5.74, 6) is 11.8. The third kappa shape index (κ3) is 7.23. The second-order valence-electron chi connectivity index (χ2n) is 5.95. The van der Waals surface area contributed by atoms with Gasteiger partial charge >= 0.3 is 0 Å². The van der Waals surface area contributed by atoms with Crippen LogP contribution in [0.3, 0.4) is 0 Å². The van der Waals surface area contributed by atoms with Crippen molar-refractivity contribution in [1.29, 1.82) is 0 Å². The number of methoxy groups -OCH3 is 1. The molecule has 0 aromatic carbocycles. The molecule has 0 aliphatic carbocycles. The summed E-state index contributed by atoms with van der Waals surface area (Å²) in [7, 11) is -2.49. The molecule has 0 bridgehead atoms. The maximum absolute atomic E-state index is 9.17. The van der Waals surface area contributed by atoms with Crippen LogP contribution in [0.4, 0.5) is 0 Å². The molecule has 0 aliphatic heterocycles. The molecule has 4 heterocycles. The fourth-order valence-corrected chi connectivity index (χ4v) is 3.24. The number of aromatic hydroxyl groups is 1. The molecule has 0 fully saturated rings. The van der Waals surface area contributed by atoms with Crippen LogP contribution in [0.25, 0.3) is 0 Å². The number of pyridine rings is 2. The van der Waals surface area contributed by atoms with E-state index >= 15 is 0 Å². The average Bonchev–Trinajstić information content (AvgIpc) is 3.38. The summed E-state index contributed by atoms with van der Waals surface area (Å²) in [6, 6.07) is 3.10. The van der Waals surface area contributed by atoms with Gasteiger partial charge in [0.05, 0.1) is 33.6 Å². The van der Waals surface area contributed by atoms with Crippen LogP contribution in [-0.2, 0) is 0 Å². The molecule has 0 saturated heterocycles. The fourth-order valence-electron chi connectivity index (χ4n) is 2.15. The van der Waals surface area contributed by atoms with Gasteiger partial charge in [-0.05, 0) is 37.8 Å². The van der Waals surface area contributed by atoms with Crippen molar-refractivity contribution in [1.82, 2.24) is 19.9 Å². The van der Waals surface area contributed by atoms with E-state index in [4.69, 9.17) is 8.85 Å². The average molecular weight is 453 g/mol. The molecular weight excluding hydrogens is 428 g/mol. The van der Waals surface area contributed by atoms with Crippen LogP contribution in [0.1, 0.15) is 36.6 Å². The summed E-state index contributed by atoms with van der Waals surface area (Å²) >= 11 is 3.09. The monoisotopic (exact) mass is 452 g/mol. The topological polar surface area (TPSA) is 81.0 Å². The number of hydrogen-bond donors (Lipinski definition) is 1. The van der Waals surface area contributed by atoms with Crippen molar-refractivity contribution in [3.05, 3.63) is 80.2 Å². The van der Waals surface area contributed by atoms with Crippen LogP contribution >= 0.6 is 22.7 Å².